The molecule has 0 aromatic heterocycles. The summed E-state index contributed by atoms with van der Waals surface area (Å²) in [6, 6.07) is 4.74. The highest BCUT2D eigenvalue weighted by molar-refractivity contribution is 5.44. The molecular formula is C13H17F2NO. The Bertz CT molecular complexity index is 422. The summed E-state index contributed by atoms with van der Waals surface area (Å²) < 4.78 is 32.2. The van der Waals surface area contributed by atoms with Crippen molar-refractivity contribution in [2.24, 2.45) is 5.73 Å². The molecule has 0 saturated heterocycles. The number of methoxy groups -OCH3 is 1. The molecule has 17 heavy (non-hydrogen) atoms. The lowest BCUT2D eigenvalue weighted by Crippen LogP contribution is -2.26. The Hall–Kier alpha value is -1.16. The van der Waals surface area contributed by atoms with E-state index in [1.807, 2.05) is 0 Å². The van der Waals surface area contributed by atoms with Crippen molar-refractivity contribution in [2.75, 3.05) is 7.11 Å². The minimum atomic E-state index is -2.87. The molecule has 0 heterocycles. The Balaban J connectivity index is 2.44. The highest BCUT2D eigenvalue weighted by Crippen LogP contribution is 2.42. The minimum Gasteiger partial charge on any atom is -0.496 e. The summed E-state index contributed by atoms with van der Waals surface area (Å²) >= 11 is 0. The SMILES string of the molecule is COc1cccc(C(C)(F)F)c1CC1(N)CC1. The maximum Gasteiger partial charge on any atom is 0.270 e. The van der Waals surface area contributed by atoms with Crippen molar-refractivity contribution in [1.29, 1.82) is 0 Å². The van der Waals surface area contributed by atoms with Crippen molar-refractivity contribution in [3.05, 3.63) is 29.3 Å². The molecule has 0 atom stereocenters. The van der Waals surface area contributed by atoms with Crippen LogP contribution < -0.4 is 10.5 Å². The highest BCUT2D eigenvalue weighted by atomic mass is 19.3. The van der Waals surface area contributed by atoms with Crippen molar-refractivity contribution >= 4 is 0 Å². The van der Waals surface area contributed by atoms with Crippen molar-refractivity contribution in [2.45, 2.75) is 37.6 Å². The average Bonchev–Trinajstić information content (AvgIpc) is 2.95. The van der Waals surface area contributed by atoms with E-state index in [0.717, 1.165) is 19.8 Å². The van der Waals surface area contributed by atoms with Crippen LogP contribution in [0.1, 0.15) is 30.9 Å². The van der Waals surface area contributed by atoms with Crippen LogP contribution >= 0.6 is 0 Å². The molecule has 0 unspecified atom stereocenters. The Morgan fingerprint density at radius 2 is 2.06 bits per heavy atom. The molecule has 4 heteroatoms. The van der Waals surface area contributed by atoms with Crippen LogP contribution in [0.3, 0.4) is 0 Å². The van der Waals surface area contributed by atoms with Gasteiger partial charge in [-0.15, -0.1) is 0 Å². The van der Waals surface area contributed by atoms with Crippen LogP contribution in [-0.4, -0.2) is 12.6 Å². The van der Waals surface area contributed by atoms with E-state index in [1.54, 1.807) is 12.1 Å². The van der Waals surface area contributed by atoms with Crippen LogP contribution in [0.5, 0.6) is 5.75 Å². The molecule has 1 aromatic rings. The molecule has 0 spiro atoms. The molecule has 1 aliphatic carbocycles. The molecule has 2 N–H and O–H groups in total. The topological polar surface area (TPSA) is 35.2 Å². The van der Waals surface area contributed by atoms with E-state index < -0.39 is 5.92 Å². The zero-order valence-electron chi connectivity index (χ0n) is 10.1. The molecule has 0 aliphatic heterocycles. The van der Waals surface area contributed by atoms with E-state index in [9.17, 15) is 8.78 Å². The molecule has 1 saturated carbocycles. The minimum absolute atomic E-state index is 0.0218. The standard InChI is InChI=1S/C13H17F2NO/c1-12(14,15)10-4-3-5-11(17-2)9(10)8-13(16)6-7-13/h3-5H,6-8,16H2,1-2H3. The highest BCUT2D eigenvalue weighted by Gasteiger charge is 2.41. The van der Waals surface area contributed by atoms with Gasteiger partial charge in [0.15, 0.2) is 0 Å². The second-order valence-corrected chi connectivity index (χ2v) is 4.91. The average molecular weight is 241 g/mol. The maximum absolute atomic E-state index is 13.5. The van der Waals surface area contributed by atoms with E-state index in [0.29, 0.717) is 17.7 Å². The second-order valence-electron chi connectivity index (χ2n) is 4.91. The van der Waals surface area contributed by atoms with Gasteiger partial charge in [-0.2, -0.15) is 0 Å². The largest absolute Gasteiger partial charge is 0.496 e. The number of hydrogen-bond acceptors (Lipinski definition) is 2. The molecule has 0 radical (unpaired) electrons. The first-order chi connectivity index (χ1) is 7.86. The van der Waals surface area contributed by atoms with Gasteiger partial charge in [0.25, 0.3) is 5.92 Å². The third-order valence-electron chi connectivity index (χ3n) is 3.25. The predicted molar refractivity (Wildman–Crippen MR) is 62.4 cm³/mol. The van der Waals surface area contributed by atoms with Crippen molar-refractivity contribution in [3.8, 4) is 5.75 Å². The predicted octanol–water partition coefficient (Wildman–Crippen LogP) is 2.84. The van der Waals surface area contributed by atoms with Gasteiger partial charge < -0.3 is 10.5 Å². The first-order valence-electron chi connectivity index (χ1n) is 5.69. The summed E-state index contributed by atoms with van der Waals surface area (Å²) in [6.45, 7) is 0.904. The monoisotopic (exact) mass is 241 g/mol. The lowest BCUT2D eigenvalue weighted by molar-refractivity contribution is 0.0162. The molecule has 1 fully saturated rings. The number of nitrogens with two attached hydrogens (primary N) is 1. The fourth-order valence-corrected chi connectivity index (χ4v) is 2.04. The summed E-state index contributed by atoms with van der Waals surface area (Å²) in [7, 11) is 1.49. The smallest absolute Gasteiger partial charge is 0.270 e. The molecular weight excluding hydrogens is 224 g/mol. The fourth-order valence-electron chi connectivity index (χ4n) is 2.04. The van der Waals surface area contributed by atoms with E-state index >= 15 is 0 Å². The van der Waals surface area contributed by atoms with E-state index in [1.165, 1.54) is 13.2 Å². The van der Waals surface area contributed by atoms with Gasteiger partial charge in [-0.3, -0.25) is 0 Å². The van der Waals surface area contributed by atoms with Crippen molar-refractivity contribution in [3.63, 3.8) is 0 Å². The van der Waals surface area contributed by atoms with Gasteiger partial charge in [-0.05, 0) is 25.3 Å². The number of hydrogen-bond donors (Lipinski definition) is 1. The van der Waals surface area contributed by atoms with Crippen molar-refractivity contribution in [1.82, 2.24) is 0 Å². The lowest BCUT2D eigenvalue weighted by atomic mass is 9.95. The van der Waals surface area contributed by atoms with Crippen LogP contribution in [0.15, 0.2) is 18.2 Å². The summed E-state index contributed by atoms with van der Waals surface area (Å²) in [6.07, 6.45) is 2.23. The fraction of sp³-hybridized carbons (Fsp3) is 0.538. The molecule has 1 aliphatic rings. The van der Waals surface area contributed by atoms with Gasteiger partial charge in [0, 0.05) is 23.6 Å². The third kappa shape index (κ3) is 2.57. The first kappa shape index (κ1) is 12.3. The van der Waals surface area contributed by atoms with Gasteiger partial charge >= 0.3 is 0 Å². The molecule has 0 amide bonds. The molecule has 2 nitrogen and oxygen atoms in total. The lowest BCUT2D eigenvalue weighted by Gasteiger charge is -2.20. The third-order valence-corrected chi connectivity index (χ3v) is 3.25. The van der Waals surface area contributed by atoms with Gasteiger partial charge in [0.05, 0.1) is 7.11 Å². The van der Waals surface area contributed by atoms with Gasteiger partial charge in [0.2, 0.25) is 0 Å². The number of halogens is 2. The molecule has 0 bridgehead atoms. The Morgan fingerprint density at radius 3 is 2.53 bits per heavy atom. The quantitative estimate of drug-likeness (QED) is 0.879. The summed E-state index contributed by atoms with van der Waals surface area (Å²) in [5.74, 6) is -2.37. The zero-order valence-corrected chi connectivity index (χ0v) is 10.1. The Kier molecular flexibility index (Phi) is 2.86. The van der Waals surface area contributed by atoms with Crippen LogP contribution in [0, 0.1) is 0 Å². The molecule has 1 aromatic carbocycles. The zero-order chi connectivity index (χ0) is 12.7. The normalized spacial score (nSPS) is 17.9. The molecule has 2 rings (SSSR count). The Labute approximate surface area is 99.8 Å². The van der Waals surface area contributed by atoms with E-state index in [-0.39, 0.29) is 11.1 Å². The Morgan fingerprint density at radius 1 is 1.41 bits per heavy atom. The van der Waals surface area contributed by atoms with Crippen LogP contribution in [0.4, 0.5) is 8.78 Å². The number of benzene rings is 1. The number of alkyl halides is 2. The number of ether oxygens (including phenoxy) is 1. The van der Waals surface area contributed by atoms with E-state index in [4.69, 9.17) is 10.5 Å². The first-order valence-corrected chi connectivity index (χ1v) is 5.69. The summed E-state index contributed by atoms with van der Waals surface area (Å²) in [5.41, 5.74) is 6.27. The van der Waals surface area contributed by atoms with Gasteiger partial charge in [-0.1, -0.05) is 12.1 Å². The summed E-state index contributed by atoms with van der Waals surface area (Å²) in [5, 5.41) is 0. The summed E-state index contributed by atoms with van der Waals surface area (Å²) in [4.78, 5) is 0. The number of rotatable bonds is 4. The second kappa shape index (κ2) is 3.95. The van der Waals surface area contributed by atoms with Crippen LogP contribution in [0.2, 0.25) is 0 Å². The van der Waals surface area contributed by atoms with Crippen LogP contribution in [-0.2, 0) is 12.3 Å². The van der Waals surface area contributed by atoms with Gasteiger partial charge in [0.1, 0.15) is 5.75 Å². The van der Waals surface area contributed by atoms with Crippen LogP contribution in [0.25, 0.3) is 0 Å². The maximum atomic E-state index is 13.5. The van der Waals surface area contributed by atoms with E-state index in [2.05, 4.69) is 0 Å². The van der Waals surface area contributed by atoms with Crippen molar-refractivity contribution < 1.29 is 13.5 Å². The van der Waals surface area contributed by atoms with Gasteiger partial charge in [-0.25, -0.2) is 8.78 Å². The molecule has 94 valence electrons.